The van der Waals surface area contributed by atoms with E-state index in [9.17, 15) is 4.79 Å². The molecule has 0 unspecified atom stereocenters. The third kappa shape index (κ3) is 4.78. The lowest BCUT2D eigenvalue weighted by Crippen LogP contribution is -2.39. The first-order valence-corrected chi connectivity index (χ1v) is 11.3. The van der Waals surface area contributed by atoms with Gasteiger partial charge in [0, 0.05) is 35.9 Å². The zero-order chi connectivity index (χ0) is 22.6. The van der Waals surface area contributed by atoms with Gasteiger partial charge in [-0.25, -0.2) is 19.9 Å². The van der Waals surface area contributed by atoms with Crippen molar-refractivity contribution in [2.24, 2.45) is 0 Å². The number of pyridine rings is 1. The molecule has 1 aliphatic rings. The Balaban J connectivity index is 1.37. The van der Waals surface area contributed by atoms with Crippen LogP contribution in [-0.4, -0.2) is 37.3 Å². The number of halogens is 1. The van der Waals surface area contributed by atoms with Crippen LogP contribution in [0.15, 0.2) is 71.8 Å². The van der Waals surface area contributed by atoms with Crippen molar-refractivity contribution in [1.82, 2.24) is 24.8 Å². The lowest BCUT2D eigenvalue weighted by molar-refractivity contribution is 0.0564. The van der Waals surface area contributed by atoms with Gasteiger partial charge in [0.2, 0.25) is 5.89 Å². The largest absolute Gasteiger partial charge is 0.443 e. The van der Waals surface area contributed by atoms with Gasteiger partial charge in [-0.2, -0.15) is 0 Å². The summed E-state index contributed by atoms with van der Waals surface area (Å²) in [4.78, 5) is 32.5. The maximum atomic E-state index is 13.5. The molecule has 0 saturated carbocycles. The minimum absolute atomic E-state index is 0.131. The standard InChI is InChI=1S/C25H22ClN5O2/c26-19-6-3-5-17(11-19)12-20-15-29-24(33-20)23-9-1-2-10-31(23)25(32)22-8-4-7-21(30-22)18-13-27-16-28-14-18/h3-8,11,13-16,23H,1-2,9-10,12H2/t23-/m1/s1. The second kappa shape index (κ2) is 9.50. The molecule has 1 fully saturated rings. The number of piperidine rings is 1. The number of likely N-dealkylation sites (tertiary alicyclic amines) is 1. The predicted molar refractivity (Wildman–Crippen MR) is 124 cm³/mol. The maximum Gasteiger partial charge on any atom is 0.273 e. The van der Waals surface area contributed by atoms with E-state index in [1.165, 1.54) is 6.33 Å². The number of hydrogen-bond acceptors (Lipinski definition) is 6. The van der Waals surface area contributed by atoms with Crippen molar-refractivity contribution in [2.75, 3.05) is 6.54 Å². The molecule has 8 heteroatoms. The van der Waals surface area contributed by atoms with Crippen LogP contribution in [0, 0.1) is 0 Å². The zero-order valence-electron chi connectivity index (χ0n) is 17.9. The molecule has 1 amide bonds. The van der Waals surface area contributed by atoms with E-state index in [0.717, 1.165) is 36.1 Å². The van der Waals surface area contributed by atoms with Gasteiger partial charge in [0.15, 0.2) is 0 Å². The maximum absolute atomic E-state index is 13.5. The molecule has 0 spiro atoms. The highest BCUT2D eigenvalue weighted by atomic mass is 35.5. The highest BCUT2D eigenvalue weighted by Gasteiger charge is 2.32. The molecule has 4 heterocycles. The van der Waals surface area contributed by atoms with E-state index in [1.54, 1.807) is 24.7 Å². The third-order valence-corrected chi connectivity index (χ3v) is 5.95. The van der Waals surface area contributed by atoms with Gasteiger partial charge in [0.05, 0.1) is 11.9 Å². The van der Waals surface area contributed by atoms with Gasteiger partial charge in [-0.1, -0.05) is 29.8 Å². The molecule has 0 aliphatic carbocycles. The number of oxazole rings is 1. The summed E-state index contributed by atoms with van der Waals surface area (Å²) in [7, 11) is 0. The Kier molecular flexibility index (Phi) is 6.13. The number of benzene rings is 1. The van der Waals surface area contributed by atoms with Crippen LogP contribution in [0.25, 0.3) is 11.3 Å². The molecule has 1 aliphatic heterocycles. The van der Waals surface area contributed by atoms with Crippen molar-refractivity contribution in [1.29, 1.82) is 0 Å². The first-order chi connectivity index (χ1) is 16.2. The summed E-state index contributed by atoms with van der Waals surface area (Å²) >= 11 is 6.10. The van der Waals surface area contributed by atoms with Crippen molar-refractivity contribution >= 4 is 17.5 Å². The summed E-state index contributed by atoms with van der Waals surface area (Å²) in [5.41, 5.74) is 2.86. The molecule has 33 heavy (non-hydrogen) atoms. The fraction of sp³-hybridized carbons (Fsp3) is 0.240. The quantitative estimate of drug-likeness (QED) is 0.411. The predicted octanol–water partition coefficient (Wildman–Crippen LogP) is 5.14. The van der Waals surface area contributed by atoms with E-state index in [1.807, 2.05) is 41.3 Å². The second-order valence-electron chi connectivity index (χ2n) is 8.02. The van der Waals surface area contributed by atoms with Crippen molar-refractivity contribution in [3.8, 4) is 11.3 Å². The Morgan fingerprint density at radius 2 is 1.94 bits per heavy atom. The minimum atomic E-state index is -0.218. The van der Waals surface area contributed by atoms with Crippen LogP contribution in [0.1, 0.15) is 53.0 Å². The average molecular weight is 460 g/mol. The highest BCUT2D eigenvalue weighted by Crippen LogP contribution is 2.32. The van der Waals surface area contributed by atoms with Gasteiger partial charge in [0.25, 0.3) is 5.91 Å². The number of rotatable bonds is 5. The molecule has 0 bridgehead atoms. The molecule has 3 aromatic heterocycles. The fourth-order valence-electron chi connectivity index (χ4n) is 4.13. The summed E-state index contributed by atoms with van der Waals surface area (Å²) in [6.07, 6.45) is 9.91. The molecular weight excluding hydrogens is 438 g/mol. The lowest BCUT2D eigenvalue weighted by atomic mass is 10.0. The van der Waals surface area contributed by atoms with Gasteiger partial charge in [-0.3, -0.25) is 4.79 Å². The van der Waals surface area contributed by atoms with E-state index >= 15 is 0 Å². The molecule has 7 nitrogen and oxygen atoms in total. The molecule has 166 valence electrons. The third-order valence-electron chi connectivity index (χ3n) is 5.71. The molecule has 0 radical (unpaired) electrons. The highest BCUT2D eigenvalue weighted by molar-refractivity contribution is 6.30. The molecule has 1 saturated heterocycles. The zero-order valence-corrected chi connectivity index (χ0v) is 18.7. The summed E-state index contributed by atoms with van der Waals surface area (Å²) in [6, 6.07) is 12.9. The smallest absolute Gasteiger partial charge is 0.273 e. The number of nitrogens with zero attached hydrogens (tertiary/aromatic N) is 5. The number of amides is 1. The van der Waals surface area contributed by atoms with Crippen LogP contribution in [0.3, 0.4) is 0 Å². The SMILES string of the molecule is O=C(c1cccc(-c2cncnc2)n1)N1CCCC[C@@H]1c1ncc(Cc2cccc(Cl)c2)o1. The van der Waals surface area contributed by atoms with Crippen LogP contribution in [0.5, 0.6) is 0 Å². The van der Waals surface area contributed by atoms with Crippen LogP contribution < -0.4 is 0 Å². The van der Waals surface area contributed by atoms with Gasteiger partial charge < -0.3 is 9.32 Å². The van der Waals surface area contributed by atoms with Gasteiger partial charge in [-0.15, -0.1) is 0 Å². The lowest BCUT2D eigenvalue weighted by Gasteiger charge is -2.33. The average Bonchev–Trinajstić information content (AvgIpc) is 3.32. The number of carbonyl (C=O) groups is 1. The van der Waals surface area contributed by atoms with Crippen molar-refractivity contribution in [2.45, 2.75) is 31.7 Å². The summed E-state index contributed by atoms with van der Waals surface area (Å²) in [6.45, 7) is 0.635. The van der Waals surface area contributed by atoms with Crippen molar-refractivity contribution < 1.29 is 9.21 Å². The molecule has 1 aromatic carbocycles. The van der Waals surface area contributed by atoms with E-state index in [0.29, 0.717) is 35.3 Å². The van der Waals surface area contributed by atoms with E-state index < -0.39 is 0 Å². The Morgan fingerprint density at radius 1 is 1.09 bits per heavy atom. The van der Waals surface area contributed by atoms with Crippen LogP contribution in [-0.2, 0) is 6.42 Å². The molecule has 4 aromatic rings. The minimum Gasteiger partial charge on any atom is -0.443 e. The van der Waals surface area contributed by atoms with E-state index in [-0.39, 0.29) is 11.9 Å². The Bertz CT molecular complexity index is 1260. The van der Waals surface area contributed by atoms with E-state index in [2.05, 4.69) is 19.9 Å². The molecule has 5 rings (SSSR count). The van der Waals surface area contributed by atoms with Crippen molar-refractivity contribution in [3.05, 3.63) is 95.3 Å². The van der Waals surface area contributed by atoms with E-state index in [4.69, 9.17) is 16.0 Å². The Hall–Kier alpha value is -3.58. The normalized spacial score (nSPS) is 16.0. The monoisotopic (exact) mass is 459 g/mol. The molecule has 0 N–H and O–H groups in total. The first kappa shape index (κ1) is 21.3. The van der Waals surface area contributed by atoms with Crippen molar-refractivity contribution in [3.63, 3.8) is 0 Å². The summed E-state index contributed by atoms with van der Waals surface area (Å²) in [5, 5.41) is 0.688. The van der Waals surface area contributed by atoms with Crippen LogP contribution in [0.4, 0.5) is 0 Å². The summed E-state index contributed by atoms with van der Waals surface area (Å²) in [5.74, 6) is 1.18. The first-order valence-electron chi connectivity index (χ1n) is 10.9. The number of aromatic nitrogens is 4. The molecule has 1 atom stereocenters. The van der Waals surface area contributed by atoms with Crippen LogP contribution >= 0.6 is 11.6 Å². The summed E-state index contributed by atoms with van der Waals surface area (Å²) < 4.78 is 6.09. The van der Waals surface area contributed by atoms with Crippen LogP contribution in [0.2, 0.25) is 5.02 Å². The topological polar surface area (TPSA) is 85.0 Å². The van der Waals surface area contributed by atoms with Gasteiger partial charge in [-0.05, 0) is 49.1 Å². The number of carbonyl (C=O) groups excluding carboxylic acids is 1. The van der Waals surface area contributed by atoms with Gasteiger partial charge in [0.1, 0.15) is 23.8 Å². The second-order valence-corrected chi connectivity index (χ2v) is 8.45. The molecular formula is C25H22ClN5O2. The Labute approximate surface area is 196 Å². The fourth-order valence-corrected chi connectivity index (χ4v) is 4.34. The Morgan fingerprint density at radius 3 is 2.79 bits per heavy atom. The van der Waals surface area contributed by atoms with Gasteiger partial charge >= 0.3 is 0 Å². The number of hydrogen-bond donors (Lipinski definition) is 0.